The second-order valence-corrected chi connectivity index (χ2v) is 7.14. The van der Waals surface area contributed by atoms with Crippen LogP contribution in [0, 0.1) is 5.92 Å². The Balaban J connectivity index is 1.43. The lowest BCUT2D eigenvalue weighted by Crippen LogP contribution is -2.38. The zero-order valence-corrected chi connectivity index (χ0v) is 13.6. The molecule has 0 radical (unpaired) electrons. The van der Waals surface area contributed by atoms with E-state index in [9.17, 15) is 0 Å². The summed E-state index contributed by atoms with van der Waals surface area (Å²) < 4.78 is 11.2. The van der Waals surface area contributed by atoms with Gasteiger partial charge in [0, 0.05) is 23.2 Å². The fourth-order valence-electron chi connectivity index (χ4n) is 3.15. The highest BCUT2D eigenvalue weighted by Crippen LogP contribution is 2.34. The fraction of sp³-hybridized carbons (Fsp3) is 0.647. The first-order valence-electron chi connectivity index (χ1n) is 8.09. The number of hydrogen-bond acceptors (Lipinski definition) is 4. The average molecular weight is 307 g/mol. The van der Waals surface area contributed by atoms with E-state index in [1.165, 1.54) is 30.6 Å². The van der Waals surface area contributed by atoms with Gasteiger partial charge in [-0.05, 0) is 37.0 Å². The van der Waals surface area contributed by atoms with Crippen LogP contribution in [0.15, 0.2) is 23.1 Å². The number of hydrogen-bond donors (Lipinski definition) is 1. The molecule has 0 saturated heterocycles. The van der Waals surface area contributed by atoms with E-state index >= 15 is 0 Å². The number of rotatable bonds is 5. The van der Waals surface area contributed by atoms with Crippen LogP contribution in [0.4, 0.5) is 0 Å². The third-order valence-electron chi connectivity index (χ3n) is 4.40. The normalized spacial score (nSPS) is 24.8. The Morgan fingerprint density at radius 1 is 1.14 bits per heavy atom. The van der Waals surface area contributed by atoms with Gasteiger partial charge < -0.3 is 14.8 Å². The van der Waals surface area contributed by atoms with Crippen molar-refractivity contribution in [1.82, 2.24) is 5.32 Å². The van der Waals surface area contributed by atoms with Crippen LogP contribution in [0.1, 0.15) is 32.6 Å². The van der Waals surface area contributed by atoms with Crippen LogP contribution in [-0.2, 0) is 0 Å². The molecule has 3 rings (SSSR count). The van der Waals surface area contributed by atoms with Crippen LogP contribution in [0.2, 0.25) is 0 Å². The van der Waals surface area contributed by atoms with Crippen molar-refractivity contribution in [2.24, 2.45) is 5.92 Å². The number of nitrogens with one attached hydrogen (secondary N) is 1. The second kappa shape index (κ2) is 7.41. The minimum Gasteiger partial charge on any atom is -0.486 e. The molecule has 1 saturated carbocycles. The van der Waals surface area contributed by atoms with Crippen LogP contribution >= 0.6 is 11.8 Å². The number of thioether (sulfide) groups is 1. The van der Waals surface area contributed by atoms with Gasteiger partial charge in [-0.25, -0.2) is 0 Å². The summed E-state index contributed by atoms with van der Waals surface area (Å²) in [5.41, 5.74) is 0. The van der Waals surface area contributed by atoms with Crippen LogP contribution in [0.3, 0.4) is 0 Å². The lowest BCUT2D eigenvalue weighted by Gasteiger charge is -2.29. The molecule has 0 spiro atoms. The zero-order valence-electron chi connectivity index (χ0n) is 12.8. The van der Waals surface area contributed by atoms with Gasteiger partial charge in [-0.1, -0.05) is 19.8 Å². The maximum absolute atomic E-state index is 5.63. The molecule has 1 aromatic rings. The molecule has 4 heteroatoms. The van der Waals surface area contributed by atoms with Crippen molar-refractivity contribution in [1.29, 1.82) is 0 Å². The second-order valence-electron chi connectivity index (χ2n) is 5.98. The smallest absolute Gasteiger partial charge is 0.162 e. The van der Waals surface area contributed by atoms with E-state index in [1.807, 2.05) is 17.8 Å². The highest BCUT2D eigenvalue weighted by molar-refractivity contribution is 7.99. The van der Waals surface area contributed by atoms with Gasteiger partial charge in [-0.2, -0.15) is 0 Å². The largest absolute Gasteiger partial charge is 0.486 e. The Morgan fingerprint density at radius 3 is 2.81 bits per heavy atom. The minimum atomic E-state index is 0.655. The maximum atomic E-state index is 5.63. The van der Waals surface area contributed by atoms with Crippen molar-refractivity contribution in [2.75, 3.05) is 25.5 Å². The number of benzene rings is 1. The van der Waals surface area contributed by atoms with E-state index in [0.29, 0.717) is 13.2 Å². The summed E-state index contributed by atoms with van der Waals surface area (Å²) in [5, 5.41) is 3.73. The summed E-state index contributed by atoms with van der Waals surface area (Å²) >= 11 is 1.88. The lowest BCUT2D eigenvalue weighted by molar-refractivity contribution is 0.171. The summed E-state index contributed by atoms with van der Waals surface area (Å²) in [6.45, 7) is 4.77. The SMILES string of the molecule is CC1CCCCC1NCCSc1ccc2c(c1)OCCO2. The van der Waals surface area contributed by atoms with E-state index in [0.717, 1.165) is 35.8 Å². The van der Waals surface area contributed by atoms with Gasteiger partial charge >= 0.3 is 0 Å². The van der Waals surface area contributed by atoms with Crippen molar-refractivity contribution in [3.63, 3.8) is 0 Å². The van der Waals surface area contributed by atoms with E-state index in [1.54, 1.807) is 0 Å². The van der Waals surface area contributed by atoms with Crippen molar-refractivity contribution < 1.29 is 9.47 Å². The maximum Gasteiger partial charge on any atom is 0.162 e. The van der Waals surface area contributed by atoms with Crippen molar-refractivity contribution in [2.45, 2.75) is 43.5 Å². The minimum absolute atomic E-state index is 0.655. The Morgan fingerprint density at radius 2 is 1.95 bits per heavy atom. The van der Waals surface area contributed by atoms with Crippen LogP contribution < -0.4 is 14.8 Å². The molecule has 1 aromatic carbocycles. The standard InChI is InChI=1S/C17H25NO2S/c1-13-4-2-3-5-15(13)18-8-11-21-14-6-7-16-17(12-14)20-10-9-19-16/h6-7,12-13,15,18H,2-5,8-11H2,1H3. The van der Waals surface area contributed by atoms with Gasteiger partial charge in [0.05, 0.1) is 0 Å². The van der Waals surface area contributed by atoms with Crippen molar-refractivity contribution in [3.8, 4) is 11.5 Å². The number of ether oxygens (including phenoxy) is 2. The highest BCUT2D eigenvalue weighted by atomic mass is 32.2. The third kappa shape index (κ3) is 4.07. The monoisotopic (exact) mass is 307 g/mol. The molecule has 2 aliphatic rings. The number of fused-ring (bicyclic) bond motifs is 1. The van der Waals surface area contributed by atoms with E-state index in [4.69, 9.17) is 9.47 Å². The van der Waals surface area contributed by atoms with Gasteiger partial charge in [0.25, 0.3) is 0 Å². The zero-order chi connectivity index (χ0) is 14.5. The van der Waals surface area contributed by atoms with Crippen LogP contribution in [0.25, 0.3) is 0 Å². The first kappa shape index (κ1) is 15.0. The van der Waals surface area contributed by atoms with E-state index in [-0.39, 0.29) is 0 Å². The fourth-order valence-corrected chi connectivity index (χ4v) is 3.96. The Bertz CT molecular complexity index is 466. The predicted molar refractivity (Wildman–Crippen MR) is 87.6 cm³/mol. The molecule has 1 N–H and O–H groups in total. The Labute approximate surface area is 131 Å². The molecule has 2 atom stereocenters. The molecular formula is C17H25NO2S. The molecule has 2 unspecified atom stereocenters. The molecule has 1 aliphatic carbocycles. The van der Waals surface area contributed by atoms with Gasteiger partial charge in [-0.3, -0.25) is 0 Å². The lowest BCUT2D eigenvalue weighted by atomic mass is 9.86. The molecule has 3 nitrogen and oxygen atoms in total. The topological polar surface area (TPSA) is 30.5 Å². The molecule has 0 bridgehead atoms. The summed E-state index contributed by atoms with van der Waals surface area (Å²) in [6.07, 6.45) is 5.52. The molecule has 1 fully saturated rings. The van der Waals surface area contributed by atoms with Crippen LogP contribution in [0.5, 0.6) is 11.5 Å². The van der Waals surface area contributed by atoms with Crippen LogP contribution in [-0.4, -0.2) is 31.6 Å². The quantitative estimate of drug-likeness (QED) is 0.663. The molecular weight excluding hydrogens is 282 g/mol. The van der Waals surface area contributed by atoms with Gasteiger partial charge in [0.2, 0.25) is 0 Å². The van der Waals surface area contributed by atoms with Gasteiger partial charge in [0.15, 0.2) is 11.5 Å². The average Bonchev–Trinajstić information content (AvgIpc) is 2.53. The van der Waals surface area contributed by atoms with E-state index in [2.05, 4.69) is 24.4 Å². The van der Waals surface area contributed by atoms with Crippen molar-refractivity contribution >= 4 is 11.8 Å². The van der Waals surface area contributed by atoms with Crippen molar-refractivity contribution in [3.05, 3.63) is 18.2 Å². The first-order chi connectivity index (χ1) is 10.3. The Kier molecular flexibility index (Phi) is 5.31. The molecule has 21 heavy (non-hydrogen) atoms. The van der Waals surface area contributed by atoms with Gasteiger partial charge in [0.1, 0.15) is 13.2 Å². The molecule has 0 aromatic heterocycles. The van der Waals surface area contributed by atoms with Gasteiger partial charge in [-0.15, -0.1) is 11.8 Å². The summed E-state index contributed by atoms with van der Waals surface area (Å²) in [6, 6.07) is 6.97. The molecule has 0 amide bonds. The summed E-state index contributed by atoms with van der Waals surface area (Å²) in [5.74, 6) is 3.70. The molecule has 1 aliphatic heterocycles. The summed E-state index contributed by atoms with van der Waals surface area (Å²) in [4.78, 5) is 1.26. The summed E-state index contributed by atoms with van der Waals surface area (Å²) in [7, 11) is 0. The van der Waals surface area contributed by atoms with E-state index < -0.39 is 0 Å². The molecule has 1 heterocycles. The predicted octanol–water partition coefficient (Wildman–Crippen LogP) is 3.72. The Hall–Kier alpha value is -0.870. The molecule has 116 valence electrons. The third-order valence-corrected chi connectivity index (χ3v) is 5.40. The highest BCUT2D eigenvalue weighted by Gasteiger charge is 2.20. The first-order valence-corrected chi connectivity index (χ1v) is 9.07.